The highest BCUT2D eigenvalue weighted by Gasteiger charge is 2.19. The van der Waals surface area contributed by atoms with E-state index in [2.05, 4.69) is 26.0 Å². The molecular formula is C16H14BrF2N5O2. The smallest absolute Gasteiger partial charge is 0.266 e. The fourth-order valence-corrected chi connectivity index (χ4v) is 3.22. The van der Waals surface area contributed by atoms with Crippen LogP contribution in [0.15, 0.2) is 33.9 Å². The molecule has 26 heavy (non-hydrogen) atoms. The zero-order chi connectivity index (χ0) is 19.0. The maximum absolute atomic E-state index is 13.5. The molecule has 0 N–H and O–H groups in total. The minimum Gasteiger partial charge on any atom is -0.311 e. The van der Waals surface area contributed by atoms with Gasteiger partial charge in [0.1, 0.15) is 22.9 Å². The Kier molecular flexibility index (Phi) is 4.86. The van der Waals surface area contributed by atoms with Gasteiger partial charge < -0.3 is 4.90 Å². The van der Waals surface area contributed by atoms with Crippen molar-refractivity contribution in [2.45, 2.75) is 13.5 Å². The molecule has 10 heteroatoms. The fraction of sp³-hybridized carbons (Fsp3) is 0.250. The number of hydrogen-bond acceptors (Lipinski definition) is 4. The summed E-state index contributed by atoms with van der Waals surface area (Å²) >= 11 is 3.21. The lowest BCUT2D eigenvalue weighted by Gasteiger charge is -2.21. The van der Waals surface area contributed by atoms with Gasteiger partial charge in [0, 0.05) is 25.3 Å². The lowest BCUT2D eigenvalue weighted by atomic mass is 10.2. The number of hydrogen-bond donors (Lipinski definition) is 0. The van der Waals surface area contributed by atoms with Gasteiger partial charge in [-0.1, -0.05) is 0 Å². The van der Waals surface area contributed by atoms with Gasteiger partial charge in [-0.05, 0) is 35.0 Å². The molecule has 0 saturated carbocycles. The molecule has 0 aliphatic heterocycles. The topological polar surface area (TPSA) is 73.0 Å². The highest BCUT2D eigenvalue weighted by molar-refractivity contribution is 9.10. The molecule has 0 spiro atoms. The van der Waals surface area contributed by atoms with E-state index in [9.17, 15) is 18.4 Å². The molecule has 0 aliphatic carbocycles. The Hall–Kier alpha value is -2.62. The largest absolute Gasteiger partial charge is 0.311 e. The van der Waals surface area contributed by atoms with E-state index in [1.807, 2.05) is 0 Å². The van der Waals surface area contributed by atoms with Gasteiger partial charge in [0.15, 0.2) is 17.3 Å². The summed E-state index contributed by atoms with van der Waals surface area (Å²) in [4.78, 5) is 30.6. The number of likely N-dealkylation sites (N-methyl/N-ethyl adjacent to an activating group) is 1. The molecule has 1 amide bonds. The van der Waals surface area contributed by atoms with Gasteiger partial charge in [-0.25, -0.2) is 18.4 Å². The quantitative estimate of drug-likeness (QED) is 0.642. The molecule has 0 fully saturated rings. The van der Waals surface area contributed by atoms with E-state index >= 15 is 0 Å². The van der Waals surface area contributed by atoms with Crippen LogP contribution in [0.2, 0.25) is 0 Å². The normalized spacial score (nSPS) is 11.1. The Bertz CT molecular complexity index is 1060. The molecular weight excluding hydrogens is 412 g/mol. The van der Waals surface area contributed by atoms with Crippen molar-refractivity contribution in [1.29, 1.82) is 0 Å². The number of anilines is 1. The predicted octanol–water partition coefficient (Wildman–Crippen LogP) is 2.22. The molecule has 0 bridgehead atoms. The molecule has 2 aromatic heterocycles. The Labute approximate surface area is 155 Å². The van der Waals surface area contributed by atoms with Gasteiger partial charge in [0.25, 0.3) is 5.56 Å². The maximum Gasteiger partial charge on any atom is 0.266 e. The zero-order valence-corrected chi connectivity index (χ0v) is 15.5. The molecule has 2 heterocycles. The van der Waals surface area contributed by atoms with Gasteiger partial charge in [0.05, 0.1) is 0 Å². The lowest BCUT2D eigenvalue weighted by molar-refractivity contribution is -0.119. The van der Waals surface area contributed by atoms with Crippen LogP contribution in [0.4, 0.5) is 14.5 Å². The Morgan fingerprint density at radius 1 is 1.31 bits per heavy atom. The molecule has 0 atom stereocenters. The van der Waals surface area contributed by atoms with Crippen molar-refractivity contribution in [3.05, 3.63) is 51.1 Å². The van der Waals surface area contributed by atoms with E-state index in [-0.39, 0.29) is 24.2 Å². The van der Waals surface area contributed by atoms with Crippen LogP contribution in [0.5, 0.6) is 0 Å². The number of halogens is 3. The molecule has 136 valence electrons. The molecule has 0 radical (unpaired) electrons. The summed E-state index contributed by atoms with van der Waals surface area (Å²) < 4.78 is 29.5. The molecule has 0 saturated heterocycles. The number of aryl methyl sites for hydroxylation is 1. The van der Waals surface area contributed by atoms with Crippen LogP contribution < -0.4 is 10.5 Å². The summed E-state index contributed by atoms with van der Waals surface area (Å²) in [6, 6.07) is 3.20. The third-order valence-corrected chi connectivity index (χ3v) is 4.46. The van der Waals surface area contributed by atoms with Crippen LogP contribution in [0.25, 0.3) is 11.0 Å². The van der Waals surface area contributed by atoms with Crippen molar-refractivity contribution in [3.8, 4) is 0 Å². The number of rotatable bonds is 4. The minimum atomic E-state index is -1.05. The van der Waals surface area contributed by atoms with Crippen molar-refractivity contribution in [3.63, 3.8) is 0 Å². The first-order valence-corrected chi connectivity index (χ1v) is 8.45. The summed E-state index contributed by atoms with van der Waals surface area (Å²) in [6.45, 7) is 1.63. The van der Waals surface area contributed by atoms with Crippen molar-refractivity contribution in [2.75, 3.05) is 11.4 Å². The third-order valence-electron chi connectivity index (χ3n) is 3.91. The van der Waals surface area contributed by atoms with Gasteiger partial charge in [-0.2, -0.15) is 5.10 Å². The number of carbonyl (C=O) groups excluding carboxylic acids is 1. The van der Waals surface area contributed by atoms with Crippen molar-refractivity contribution in [1.82, 2.24) is 19.3 Å². The van der Waals surface area contributed by atoms with Crippen LogP contribution in [-0.2, 0) is 18.4 Å². The number of carbonyl (C=O) groups is 1. The number of benzene rings is 1. The minimum absolute atomic E-state index is 0.209. The molecule has 3 rings (SSSR count). The van der Waals surface area contributed by atoms with Crippen molar-refractivity contribution >= 4 is 38.6 Å². The standard InChI is InChI=1S/C16H14BrF2N5O2/c1-3-24(9-4-5-10(18)11(19)6-9)12(25)7-23-8-20-15-13(16(23)26)14(17)21-22(15)2/h4-6,8H,3,7H2,1-2H3. The Balaban J connectivity index is 1.94. The fourth-order valence-electron chi connectivity index (χ4n) is 2.64. The highest BCUT2D eigenvalue weighted by atomic mass is 79.9. The first-order chi connectivity index (χ1) is 12.3. The number of amides is 1. The Morgan fingerprint density at radius 3 is 2.69 bits per heavy atom. The SMILES string of the molecule is CCN(C(=O)Cn1cnc2c(c(Br)nn2C)c1=O)c1ccc(F)c(F)c1. The lowest BCUT2D eigenvalue weighted by Crippen LogP contribution is -2.36. The second-order valence-corrected chi connectivity index (χ2v) is 6.28. The van der Waals surface area contributed by atoms with E-state index in [1.165, 1.54) is 22.0 Å². The van der Waals surface area contributed by atoms with Crippen LogP contribution in [0.1, 0.15) is 6.92 Å². The van der Waals surface area contributed by atoms with E-state index in [0.29, 0.717) is 10.3 Å². The van der Waals surface area contributed by atoms with Crippen LogP contribution in [0, 0.1) is 11.6 Å². The molecule has 0 aliphatic rings. The predicted molar refractivity (Wildman–Crippen MR) is 94.9 cm³/mol. The van der Waals surface area contributed by atoms with Gasteiger partial charge in [-0.15, -0.1) is 0 Å². The van der Waals surface area contributed by atoms with E-state index in [4.69, 9.17) is 0 Å². The average Bonchev–Trinajstić information content (AvgIpc) is 2.88. The number of fused-ring (bicyclic) bond motifs is 1. The number of nitrogens with zero attached hydrogens (tertiary/aromatic N) is 5. The Morgan fingerprint density at radius 2 is 2.04 bits per heavy atom. The summed E-state index contributed by atoms with van der Waals surface area (Å²) in [6.07, 6.45) is 1.26. The summed E-state index contributed by atoms with van der Waals surface area (Å²) in [5.74, 6) is -2.50. The highest BCUT2D eigenvalue weighted by Crippen LogP contribution is 2.19. The molecule has 0 unspecified atom stereocenters. The van der Waals surface area contributed by atoms with Gasteiger partial charge in [0.2, 0.25) is 5.91 Å². The summed E-state index contributed by atoms with van der Waals surface area (Å²) in [5, 5.41) is 4.34. The molecule has 1 aromatic carbocycles. The van der Waals surface area contributed by atoms with Crippen molar-refractivity contribution < 1.29 is 13.6 Å². The second-order valence-electron chi connectivity index (χ2n) is 5.53. The third kappa shape index (κ3) is 3.12. The van der Waals surface area contributed by atoms with Crippen LogP contribution in [-0.4, -0.2) is 31.8 Å². The van der Waals surface area contributed by atoms with E-state index in [1.54, 1.807) is 14.0 Å². The molecule has 7 nitrogen and oxygen atoms in total. The van der Waals surface area contributed by atoms with Crippen molar-refractivity contribution in [2.24, 2.45) is 7.05 Å². The molecule has 3 aromatic rings. The van der Waals surface area contributed by atoms with E-state index in [0.717, 1.165) is 16.7 Å². The first-order valence-electron chi connectivity index (χ1n) is 7.66. The van der Waals surface area contributed by atoms with Gasteiger partial charge in [-0.3, -0.25) is 14.2 Å². The second kappa shape index (κ2) is 6.94. The average molecular weight is 426 g/mol. The number of aromatic nitrogens is 4. The summed E-state index contributed by atoms with van der Waals surface area (Å²) in [7, 11) is 1.65. The van der Waals surface area contributed by atoms with Crippen LogP contribution in [0.3, 0.4) is 0 Å². The van der Waals surface area contributed by atoms with E-state index < -0.39 is 23.1 Å². The maximum atomic E-state index is 13.5. The summed E-state index contributed by atoms with van der Waals surface area (Å²) in [5.41, 5.74) is 0.171. The van der Waals surface area contributed by atoms with Crippen LogP contribution >= 0.6 is 15.9 Å². The van der Waals surface area contributed by atoms with Gasteiger partial charge >= 0.3 is 0 Å². The first kappa shape index (κ1) is 18.2. The monoisotopic (exact) mass is 425 g/mol. The zero-order valence-electron chi connectivity index (χ0n) is 13.9.